The highest BCUT2D eigenvalue weighted by atomic mass is 19.4. The van der Waals surface area contributed by atoms with Gasteiger partial charge in [0, 0.05) is 11.3 Å². The van der Waals surface area contributed by atoms with Crippen molar-refractivity contribution in [2.45, 2.75) is 6.18 Å². The molecule has 2 rings (SSSR count). The van der Waals surface area contributed by atoms with Gasteiger partial charge in [0.05, 0.1) is 11.3 Å². The summed E-state index contributed by atoms with van der Waals surface area (Å²) in [6.07, 6.45) is 0.976. The maximum Gasteiger partial charge on any atom is 0.416 e. The van der Waals surface area contributed by atoms with Crippen molar-refractivity contribution in [2.75, 3.05) is 5.32 Å². The number of hydrogen-bond acceptors (Lipinski definition) is 1. The van der Waals surface area contributed by atoms with Crippen LogP contribution in [0.15, 0.2) is 48.5 Å². The molecule has 0 aliphatic carbocycles. The number of halogens is 3. The molecule has 0 fully saturated rings. The Kier molecular flexibility index (Phi) is 3.48. The molecule has 19 heavy (non-hydrogen) atoms. The lowest BCUT2D eigenvalue weighted by molar-refractivity contribution is -0.137. The van der Waals surface area contributed by atoms with Crippen LogP contribution in [0.1, 0.15) is 11.1 Å². The second kappa shape index (κ2) is 5.07. The summed E-state index contributed by atoms with van der Waals surface area (Å²) in [6, 6.07) is 12.0. The summed E-state index contributed by atoms with van der Waals surface area (Å²) in [6.45, 7) is 0. The first kappa shape index (κ1) is 13.0. The van der Waals surface area contributed by atoms with Crippen LogP contribution in [-0.2, 0) is 6.18 Å². The van der Waals surface area contributed by atoms with E-state index in [0.717, 1.165) is 12.1 Å². The van der Waals surface area contributed by atoms with E-state index in [2.05, 4.69) is 11.2 Å². The fourth-order valence-corrected chi connectivity index (χ4v) is 1.65. The van der Waals surface area contributed by atoms with Gasteiger partial charge in [0.25, 0.3) is 0 Å². The van der Waals surface area contributed by atoms with Gasteiger partial charge in [0.2, 0.25) is 0 Å². The van der Waals surface area contributed by atoms with Crippen molar-refractivity contribution >= 4 is 11.4 Å². The zero-order chi connectivity index (χ0) is 13.9. The third-order valence-corrected chi connectivity index (χ3v) is 2.55. The molecule has 0 aromatic heterocycles. The second-order valence-corrected chi connectivity index (χ2v) is 3.89. The van der Waals surface area contributed by atoms with Crippen molar-refractivity contribution in [3.63, 3.8) is 0 Å². The van der Waals surface area contributed by atoms with Crippen molar-refractivity contribution in [3.05, 3.63) is 59.7 Å². The van der Waals surface area contributed by atoms with Gasteiger partial charge in [-0.05, 0) is 30.3 Å². The van der Waals surface area contributed by atoms with Gasteiger partial charge < -0.3 is 5.32 Å². The molecule has 0 radical (unpaired) electrons. The summed E-state index contributed by atoms with van der Waals surface area (Å²) >= 11 is 0. The second-order valence-electron chi connectivity index (χ2n) is 3.89. The zero-order valence-corrected chi connectivity index (χ0v) is 9.83. The number of anilines is 2. The molecule has 1 nitrogen and oxygen atoms in total. The van der Waals surface area contributed by atoms with Crippen molar-refractivity contribution in [1.82, 2.24) is 0 Å². The summed E-state index contributed by atoms with van der Waals surface area (Å²) < 4.78 is 37.8. The van der Waals surface area contributed by atoms with Crippen molar-refractivity contribution < 1.29 is 13.2 Å². The van der Waals surface area contributed by atoms with E-state index in [1.54, 1.807) is 30.3 Å². The number of rotatable bonds is 2. The molecule has 0 saturated carbocycles. The van der Waals surface area contributed by atoms with E-state index in [1.165, 1.54) is 6.07 Å². The largest absolute Gasteiger partial charge is 0.416 e. The lowest BCUT2D eigenvalue weighted by Crippen LogP contribution is -2.05. The highest BCUT2D eigenvalue weighted by Gasteiger charge is 2.30. The molecule has 0 heterocycles. The standard InChI is InChI=1S/C15H10F3N/c1-2-11-6-3-4-9-14(11)19-13-8-5-7-12(10-13)15(16,17)18/h1,3-10,19H. The van der Waals surface area contributed by atoms with Gasteiger partial charge in [-0.25, -0.2) is 0 Å². The first-order chi connectivity index (χ1) is 9.00. The molecule has 1 N–H and O–H groups in total. The topological polar surface area (TPSA) is 12.0 Å². The zero-order valence-electron chi connectivity index (χ0n) is 9.83. The Morgan fingerprint density at radius 2 is 1.74 bits per heavy atom. The van der Waals surface area contributed by atoms with Gasteiger partial charge in [-0.1, -0.05) is 24.1 Å². The van der Waals surface area contributed by atoms with E-state index in [4.69, 9.17) is 6.42 Å². The average Bonchev–Trinajstić information content (AvgIpc) is 2.39. The monoisotopic (exact) mass is 261 g/mol. The third kappa shape index (κ3) is 3.08. The number of alkyl halides is 3. The third-order valence-electron chi connectivity index (χ3n) is 2.55. The van der Waals surface area contributed by atoms with Crippen molar-refractivity contribution in [1.29, 1.82) is 0 Å². The number of benzene rings is 2. The molecule has 0 spiro atoms. The Hall–Kier alpha value is -2.41. The van der Waals surface area contributed by atoms with E-state index in [1.807, 2.05) is 0 Å². The lowest BCUT2D eigenvalue weighted by Gasteiger charge is -2.11. The van der Waals surface area contributed by atoms with E-state index < -0.39 is 11.7 Å². The molecule has 4 heteroatoms. The summed E-state index contributed by atoms with van der Waals surface area (Å²) in [5, 5.41) is 2.89. The van der Waals surface area contributed by atoms with Crippen LogP contribution in [0.25, 0.3) is 0 Å². The van der Waals surface area contributed by atoms with Gasteiger partial charge in [-0.15, -0.1) is 6.42 Å². The molecular weight excluding hydrogens is 251 g/mol. The Bertz CT molecular complexity index is 624. The quantitative estimate of drug-likeness (QED) is 0.788. The Balaban J connectivity index is 2.32. The van der Waals surface area contributed by atoms with Crippen LogP contribution in [0, 0.1) is 12.3 Å². The van der Waals surface area contributed by atoms with Crippen LogP contribution in [0.5, 0.6) is 0 Å². The lowest BCUT2D eigenvalue weighted by atomic mass is 10.1. The van der Waals surface area contributed by atoms with Crippen LogP contribution in [0.2, 0.25) is 0 Å². The van der Waals surface area contributed by atoms with Crippen LogP contribution >= 0.6 is 0 Å². The Morgan fingerprint density at radius 3 is 2.42 bits per heavy atom. The molecule has 0 unspecified atom stereocenters. The average molecular weight is 261 g/mol. The summed E-state index contributed by atoms with van der Waals surface area (Å²) in [7, 11) is 0. The number of terminal acetylenes is 1. The van der Waals surface area contributed by atoms with Crippen LogP contribution in [0.4, 0.5) is 24.5 Å². The van der Waals surface area contributed by atoms with E-state index in [0.29, 0.717) is 16.9 Å². The fraction of sp³-hybridized carbons (Fsp3) is 0.0667. The highest BCUT2D eigenvalue weighted by molar-refractivity contribution is 5.67. The molecule has 0 bridgehead atoms. The van der Waals surface area contributed by atoms with E-state index in [9.17, 15) is 13.2 Å². The predicted octanol–water partition coefficient (Wildman–Crippen LogP) is 4.43. The summed E-state index contributed by atoms with van der Waals surface area (Å²) in [4.78, 5) is 0. The molecule has 2 aromatic rings. The number of hydrogen-bond donors (Lipinski definition) is 1. The Labute approximate surface area is 109 Å². The van der Waals surface area contributed by atoms with Gasteiger partial charge in [-0.2, -0.15) is 13.2 Å². The van der Waals surface area contributed by atoms with Gasteiger partial charge in [-0.3, -0.25) is 0 Å². The minimum Gasteiger partial charge on any atom is -0.354 e. The van der Waals surface area contributed by atoms with Gasteiger partial charge in [0.15, 0.2) is 0 Å². The predicted molar refractivity (Wildman–Crippen MR) is 69.1 cm³/mol. The first-order valence-corrected chi connectivity index (χ1v) is 5.50. The van der Waals surface area contributed by atoms with Crippen molar-refractivity contribution in [3.8, 4) is 12.3 Å². The molecular formula is C15H10F3N. The molecule has 96 valence electrons. The minimum atomic E-state index is -4.36. The van der Waals surface area contributed by atoms with Crippen LogP contribution < -0.4 is 5.32 Å². The van der Waals surface area contributed by atoms with Gasteiger partial charge >= 0.3 is 6.18 Å². The van der Waals surface area contributed by atoms with Crippen LogP contribution in [0.3, 0.4) is 0 Å². The summed E-state index contributed by atoms with van der Waals surface area (Å²) in [5.74, 6) is 2.48. The maximum atomic E-state index is 12.6. The normalized spacial score (nSPS) is 10.8. The molecule has 0 atom stereocenters. The molecule has 2 aromatic carbocycles. The SMILES string of the molecule is C#Cc1ccccc1Nc1cccc(C(F)(F)F)c1. The van der Waals surface area contributed by atoms with E-state index in [-0.39, 0.29) is 0 Å². The molecule has 0 aliphatic heterocycles. The van der Waals surface area contributed by atoms with E-state index >= 15 is 0 Å². The first-order valence-electron chi connectivity index (χ1n) is 5.50. The van der Waals surface area contributed by atoms with Crippen LogP contribution in [-0.4, -0.2) is 0 Å². The Morgan fingerprint density at radius 1 is 1.00 bits per heavy atom. The molecule has 0 amide bonds. The summed E-state index contributed by atoms with van der Waals surface area (Å²) in [5.41, 5.74) is 0.845. The smallest absolute Gasteiger partial charge is 0.354 e. The molecule has 0 aliphatic rings. The maximum absolute atomic E-state index is 12.6. The van der Waals surface area contributed by atoms with Crippen molar-refractivity contribution in [2.24, 2.45) is 0 Å². The molecule has 0 saturated heterocycles. The minimum absolute atomic E-state index is 0.345. The van der Waals surface area contributed by atoms with Gasteiger partial charge in [0.1, 0.15) is 0 Å². The number of para-hydroxylation sites is 1. The number of nitrogens with one attached hydrogen (secondary N) is 1. The fourth-order valence-electron chi connectivity index (χ4n) is 1.65. The highest BCUT2D eigenvalue weighted by Crippen LogP contribution is 2.31.